The first-order valence-electron chi connectivity index (χ1n) is 5.94. The molecule has 19 heavy (non-hydrogen) atoms. The van der Waals surface area contributed by atoms with Crippen LogP contribution in [0.4, 0.5) is 0 Å². The average molecular weight is 324 g/mol. The van der Waals surface area contributed by atoms with Crippen LogP contribution < -0.4 is 0 Å². The fourth-order valence-electron chi connectivity index (χ4n) is 1.94. The molecular formula is C13H14BrN3O2. The molecule has 0 bridgehead atoms. The van der Waals surface area contributed by atoms with Crippen LogP contribution in [-0.4, -0.2) is 26.1 Å². The lowest BCUT2D eigenvalue weighted by Crippen LogP contribution is -2.05. The fourth-order valence-corrected chi connectivity index (χ4v) is 2.35. The van der Waals surface area contributed by atoms with Crippen molar-refractivity contribution in [3.8, 4) is 5.69 Å². The molecule has 0 unspecified atom stereocenters. The van der Waals surface area contributed by atoms with E-state index < -0.39 is 5.97 Å². The Morgan fingerprint density at radius 3 is 2.84 bits per heavy atom. The number of aromatic nitrogens is 3. The van der Waals surface area contributed by atoms with Gasteiger partial charge < -0.3 is 5.11 Å². The molecule has 1 N–H and O–H groups in total. The van der Waals surface area contributed by atoms with E-state index >= 15 is 0 Å². The molecule has 0 aliphatic rings. The van der Waals surface area contributed by atoms with Gasteiger partial charge in [-0.05, 0) is 37.1 Å². The highest BCUT2D eigenvalue weighted by Gasteiger charge is 2.14. The molecule has 1 heterocycles. The van der Waals surface area contributed by atoms with E-state index in [9.17, 15) is 4.79 Å². The number of carbonyl (C=O) groups is 1. The third-order valence-electron chi connectivity index (χ3n) is 2.96. The predicted molar refractivity (Wildman–Crippen MR) is 74.5 cm³/mol. The number of carboxylic acids is 1. The fraction of sp³-hybridized carbons (Fsp3) is 0.308. The molecule has 0 saturated heterocycles. The van der Waals surface area contributed by atoms with Crippen molar-refractivity contribution in [2.75, 3.05) is 0 Å². The van der Waals surface area contributed by atoms with E-state index in [1.807, 2.05) is 25.1 Å². The second-order valence-electron chi connectivity index (χ2n) is 4.23. The number of rotatable bonds is 4. The Labute approximate surface area is 119 Å². The number of carboxylic acid groups (broad SMARTS) is 1. The minimum Gasteiger partial charge on any atom is -0.481 e. The van der Waals surface area contributed by atoms with Crippen LogP contribution >= 0.6 is 15.9 Å². The van der Waals surface area contributed by atoms with Crippen molar-refractivity contribution in [3.05, 3.63) is 39.6 Å². The van der Waals surface area contributed by atoms with Crippen LogP contribution in [0.5, 0.6) is 0 Å². The summed E-state index contributed by atoms with van der Waals surface area (Å²) in [5.41, 5.74) is 3.33. The molecule has 0 saturated carbocycles. The minimum atomic E-state index is -0.901. The molecule has 5 nitrogen and oxygen atoms in total. The lowest BCUT2D eigenvalue weighted by molar-refractivity contribution is -0.136. The number of hydrogen-bond donors (Lipinski definition) is 1. The lowest BCUT2D eigenvalue weighted by Gasteiger charge is -2.09. The third-order valence-corrected chi connectivity index (χ3v) is 3.45. The van der Waals surface area contributed by atoms with Gasteiger partial charge in [0, 0.05) is 4.47 Å². The van der Waals surface area contributed by atoms with Gasteiger partial charge in [-0.1, -0.05) is 28.1 Å². The maximum atomic E-state index is 10.8. The summed E-state index contributed by atoms with van der Waals surface area (Å²) < 4.78 is 2.71. The van der Waals surface area contributed by atoms with Crippen LogP contribution in [0.2, 0.25) is 0 Å². The average Bonchev–Trinajstić information content (AvgIpc) is 2.70. The number of hydrogen-bond acceptors (Lipinski definition) is 3. The summed E-state index contributed by atoms with van der Waals surface area (Å²) in [6, 6.07) is 5.93. The molecule has 100 valence electrons. The van der Waals surface area contributed by atoms with E-state index in [4.69, 9.17) is 5.11 Å². The third kappa shape index (κ3) is 2.84. The molecule has 0 radical (unpaired) electrons. The first-order valence-corrected chi connectivity index (χ1v) is 6.74. The normalized spacial score (nSPS) is 10.7. The van der Waals surface area contributed by atoms with Crippen molar-refractivity contribution in [1.82, 2.24) is 15.0 Å². The number of aryl methyl sites for hydroxylation is 1. The van der Waals surface area contributed by atoms with Crippen LogP contribution in [0, 0.1) is 6.92 Å². The van der Waals surface area contributed by atoms with Gasteiger partial charge in [0.25, 0.3) is 0 Å². The van der Waals surface area contributed by atoms with Gasteiger partial charge in [0.05, 0.1) is 23.5 Å². The number of nitrogens with zero attached hydrogens (tertiary/aromatic N) is 3. The van der Waals surface area contributed by atoms with Crippen LogP contribution in [-0.2, 0) is 17.6 Å². The van der Waals surface area contributed by atoms with Crippen molar-refractivity contribution >= 4 is 21.9 Å². The monoisotopic (exact) mass is 323 g/mol. The zero-order valence-corrected chi connectivity index (χ0v) is 12.3. The van der Waals surface area contributed by atoms with Crippen molar-refractivity contribution in [1.29, 1.82) is 0 Å². The second kappa shape index (κ2) is 5.52. The standard InChI is InChI=1S/C13H14BrN3O2/c1-3-9-6-10(14)4-5-12(9)17-8(2)11(15-16-17)7-13(18)19/h4-6H,3,7H2,1-2H3,(H,18,19). The topological polar surface area (TPSA) is 68.0 Å². The van der Waals surface area contributed by atoms with E-state index in [0.29, 0.717) is 5.69 Å². The largest absolute Gasteiger partial charge is 0.481 e. The van der Waals surface area contributed by atoms with Gasteiger partial charge in [-0.2, -0.15) is 0 Å². The van der Waals surface area contributed by atoms with Crippen molar-refractivity contribution in [2.45, 2.75) is 26.7 Å². The van der Waals surface area contributed by atoms with Crippen LogP contribution in [0.25, 0.3) is 5.69 Å². The first-order chi connectivity index (χ1) is 9.02. The van der Waals surface area contributed by atoms with Gasteiger partial charge in [-0.25, -0.2) is 4.68 Å². The number of aliphatic carboxylic acids is 1. The molecule has 0 atom stereocenters. The zero-order valence-electron chi connectivity index (χ0n) is 10.7. The summed E-state index contributed by atoms with van der Waals surface area (Å²) in [5.74, 6) is -0.901. The van der Waals surface area contributed by atoms with Crippen LogP contribution in [0.3, 0.4) is 0 Å². The molecule has 1 aromatic heterocycles. The summed E-state index contributed by atoms with van der Waals surface area (Å²) >= 11 is 3.44. The molecule has 0 aliphatic carbocycles. The van der Waals surface area contributed by atoms with Gasteiger partial charge >= 0.3 is 5.97 Å². The molecule has 2 aromatic rings. The SMILES string of the molecule is CCc1cc(Br)ccc1-n1nnc(CC(=O)O)c1C. The van der Waals surface area contributed by atoms with Gasteiger partial charge in [0.1, 0.15) is 0 Å². The molecule has 0 aliphatic heterocycles. The summed E-state index contributed by atoms with van der Waals surface area (Å²) in [7, 11) is 0. The summed E-state index contributed by atoms with van der Waals surface area (Å²) in [4.78, 5) is 10.8. The number of halogens is 1. The number of benzene rings is 1. The van der Waals surface area contributed by atoms with Crippen LogP contribution in [0.15, 0.2) is 22.7 Å². The molecular weight excluding hydrogens is 310 g/mol. The Bertz CT molecular complexity index is 622. The predicted octanol–water partition coefficient (Wildman–Crippen LogP) is 2.53. The van der Waals surface area contributed by atoms with E-state index in [2.05, 4.69) is 33.2 Å². The molecule has 0 fully saturated rings. The molecule has 0 amide bonds. The van der Waals surface area contributed by atoms with Crippen molar-refractivity contribution in [3.63, 3.8) is 0 Å². The Balaban J connectivity index is 2.48. The van der Waals surface area contributed by atoms with Gasteiger partial charge in [0.15, 0.2) is 0 Å². The molecule has 2 rings (SSSR count). The van der Waals surface area contributed by atoms with E-state index in [1.165, 1.54) is 0 Å². The second-order valence-corrected chi connectivity index (χ2v) is 5.15. The van der Waals surface area contributed by atoms with E-state index in [-0.39, 0.29) is 6.42 Å². The minimum absolute atomic E-state index is 0.107. The Hall–Kier alpha value is -1.69. The zero-order chi connectivity index (χ0) is 14.0. The first kappa shape index (κ1) is 13.7. The Morgan fingerprint density at radius 2 is 2.21 bits per heavy atom. The Morgan fingerprint density at radius 1 is 1.47 bits per heavy atom. The van der Waals surface area contributed by atoms with Gasteiger partial charge in [-0.3, -0.25) is 4.79 Å². The molecule has 6 heteroatoms. The summed E-state index contributed by atoms with van der Waals surface area (Å²) in [5, 5.41) is 16.8. The summed E-state index contributed by atoms with van der Waals surface area (Å²) in [6.45, 7) is 3.90. The maximum Gasteiger partial charge on any atom is 0.309 e. The highest BCUT2D eigenvalue weighted by Crippen LogP contribution is 2.22. The quantitative estimate of drug-likeness (QED) is 0.938. The summed E-state index contributed by atoms with van der Waals surface area (Å²) in [6.07, 6.45) is 0.756. The lowest BCUT2D eigenvalue weighted by atomic mass is 10.1. The Kier molecular flexibility index (Phi) is 3.99. The maximum absolute atomic E-state index is 10.8. The van der Waals surface area contributed by atoms with Gasteiger partial charge in [0.2, 0.25) is 0 Å². The highest BCUT2D eigenvalue weighted by molar-refractivity contribution is 9.10. The highest BCUT2D eigenvalue weighted by atomic mass is 79.9. The van der Waals surface area contributed by atoms with Crippen molar-refractivity contribution < 1.29 is 9.90 Å². The van der Waals surface area contributed by atoms with Crippen molar-refractivity contribution in [2.24, 2.45) is 0 Å². The van der Waals surface area contributed by atoms with E-state index in [1.54, 1.807) is 4.68 Å². The van der Waals surface area contributed by atoms with Crippen LogP contribution in [0.1, 0.15) is 23.9 Å². The smallest absolute Gasteiger partial charge is 0.309 e. The van der Waals surface area contributed by atoms with Gasteiger partial charge in [-0.15, -0.1) is 5.10 Å². The molecule has 0 spiro atoms. The molecule has 1 aromatic carbocycles. The van der Waals surface area contributed by atoms with E-state index in [0.717, 1.165) is 27.8 Å².